The molecule has 21 heavy (non-hydrogen) atoms. The van der Waals surface area contributed by atoms with Gasteiger partial charge in [-0.3, -0.25) is 0 Å². The zero-order chi connectivity index (χ0) is 14.9. The molecule has 1 heterocycles. The first kappa shape index (κ1) is 13.4. The van der Waals surface area contributed by atoms with E-state index < -0.39 is 11.7 Å². The van der Waals surface area contributed by atoms with E-state index >= 15 is 0 Å². The number of aromatic nitrogens is 3. The van der Waals surface area contributed by atoms with Crippen LogP contribution in [0.3, 0.4) is 0 Å². The van der Waals surface area contributed by atoms with Crippen molar-refractivity contribution in [2.24, 2.45) is 0 Å². The summed E-state index contributed by atoms with van der Waals surface area (Å²) < 4.78 is 40.2. The normalized spacial score (nSPS) is 11.6. The number of hydrogen-bond donors (Lipinski definition) is 0. The fourth-order valence-corrected chi connectivity index (χ4v) is 2.04. The van der Waals surface area contributed by atoms with Crippen LogP contribution in [0.4, 0.5) is 13.2 Å². The summed E-state index contributed by atoms with van der Waals surface area (Å²) in [4.78, 5) is 0. The molecular weight excluding hydrogens is 279 g/mol. The fraction of sp³-hybridized carbons (Fsp3) is 0.0667. The molecule has 2 aromatic carbocycles. The van der Waals surface area contributed by atoms with Gasteiger partial charge in [0.25, 0.3) is 0 Å². The van der Waals surface area contributed by atoms with Crippen LogP contribution in [0.1, 0.15) is 5.56 Å². The van der Waals surface area contributed by atoms with Crippen molar-refractivity contribution in [2.45, 2.75) is 6.18 Å². The maximum Gasteiger partial charge on any atom is 0.418 e. The van der Waals surface area contributed by atoms with Crippen molar-refractivity contribution in [3.8, 4) is 16.9 Å². The van der Waals surface area contributed by atoms with E-state index in [1.165, 1.54) is 24.4 Å². The highest BCUT2D eigenvalue weighted by atomic mass is 19.4. The molecular formula is C15H10F3N3. The molecule has 0 bridgehead atoms. The van der Waals surface area contributed by atoms with Crippen LogP contribution in [0.2, 0.25) is 0 Å². The average Bonchev–Trinajstić information content (AvgIpc) is 2.97. The molecule has 0 aliphatic carbocycles. The quantitative estimate of drug-likeness (QED) is 0.715. The molecule has 0 fully saturated rings. The molecule has 0 radical (unpaired) electrons. The smallest absolute Gasteiger partial charge is 0.219 e. The van der Waals surface area contributed by atoms with Crippen molar-refractivity contribution in [3.05, 3.63) is 66.4 Å². The van der Waals surface area contributed by atoms with Gasteiger partial charge >= 0.3 is 6.18 Å². The molecule has 0 amide bonds. The molecule has 0 saturated carbocycles. The van der Waals surface area contributed by atoms with E-state index in [2.05, 4.69) is 10.3 Å². The molecule has 3 aromatic rings. The third kappa shape index (κ3) is 2.65. The number of para-hydroxylation sites is 1. The number of halogens is 3. The molecule has 3 rings (SSSR count). The lowest BCUT2D eigenvalue weighted by Gasteiger charge is -2.11. The molecule has 1 aromatic heterocycles. The number of nitrogens with zero attached hydrogens (tertiary/aromatic N) is 3. The van der Waals surface area contributed by atoms with Gasteiger partial charge in [-0.15, -0.1) is 5.10 Å². The monoisotopic (exact) mass is 289 g/mol. The second-order valence-electron chi connectivity index (χ2n) is 4.43. The number of hydrogen-bond acceptors (Lipinski definition) is 2. The maximum atomic E-state index is 13.0. The minimum atomic E-state index is -4.44. The average molecular weight is 289 g/mol. The third-order valence-corrected chi connectivity index (χ3v) is 3.02. The van der Waals surface area contributed by atoms with Gasteiger partial charge in [0.2, 0.25) is 0 Å². The van der Waals surface area contributed by atoms with Gasteiger partial charge in [0, 0.05) is 5.56 Å². The summed E-state index contributed by atoms with van der Waals surface area (Å²) in [7, 11) is 0. The van der Waals surface area contributed by atoms with Crippen LogP contribution in [0.25, 0.3) is 16.9 Å². The molecule has 0 atom stereocenters. The maximum absolute atomic E-state index is 13.0. The fourth-order valence-electron chi connectivity index (χ4n) is 2.04. The van der Waals surface area contributed by atoms with Gasteiger partial charge in [-0.05, 0) is 12.1 Å². The van der Waals surface area contributed by atoms with Crippen molar-refractivity contribution in [2.75, 3.05) is 0 Å². The largest absolute Gasteiger partial charge is 0.418 e. The lowest BCUT2D eigenvalue weighted by atomic mass is 10.1. The van der Waals surface area contributed by atoms with Crippen LogP contribution in [0.15, 0.2) is 60.8 Å². The molecule has 0 aliphatic heterocycles. The highest BCUT2D eigenvalue weighted by Gasteiger charge is 2.34. The van der Waals surface area contributed by atoms with Crippen LogP contribution < -0.4 is 0 Å². The van der Waals surface area contributed by atoms with Crippen LogP contribution in [0.5, 0.6) is 0 Å². The molecule has 0 saturated heterocycles. The van der Waals surface area contributed by atoms with E-state index in [0.717, 1.165) is 16.3 Å². The first-order valence-corrected chi connectivity index (χ1v) is 6.20. The summed E-state index contributed by atoms with van der Waals surface area (Å²) in [6.07, 6.45) is -2.95. The summed E-state index contributed by atoms with van der Waals surface area (Å²) in [5.74, 6) is 0. The Bertz CT molecular complexity index is 748. The first-order valence-electron chi connectivity index (χ1n) is 6.20. The summed E-state index contributed by atoms with van der Waals surface area (Å²) in [5, 5.41) is 7.74. The van der Waals surface area contributed by atoms with Gasteiger partial charge < -0.3 is 0 Å². The number of rotatable bonds is 2. The lowest BCUT2D eigenvalue weighted by molar-refractivity contribution is -0.137. The van der Waals surface area contributed by atoms with E-state index in [-0.39, 0.29) is 5.69 Å². The lowest BCUT2D eigenvalue weighted by Crippen LogP contribution is -2.10. The second kappa shape index (κ2) is 5.05. The number of alkyl halides is 3. The van der Waals surface area contributed by atoms with Crippen molar-refractivity contribution < 1.29 is 13.2 Å². The molecule has 6 heteroatoms. The summed E-state index contributed by atoms with van der Waals surface area (Å²) in [6, 6.07) is 14.4. The Morgan fingerprint density at radius 1 is 0.857 bits per heavy atom. The molecule has 106 valence electrons. The van der Waals surface area contributed by atoms with E-state index in [0.29, 0.717) is 5.69 Å². The van der Waals surface area contributed by atoms with Gasteiger partial charge in [-0.1, -0.05) is 47.7 Å². The van der Waals surface area contributed by atoms with E-state index in [4.69, 9.17) is 0 Å². The Balaban J connectivity index is 2.06. The standard InChI is InChI=1S/C15H10F3N3/c16-15(17,18)12-8-4-5-9-14(12)21-10-13(19-20-21)11-6-2-1-3-7-11/h1-10H. The zero-order valence-corrected chi connectivity index (χ0v) is 10.7. The summed E-state index contributed by atoms with van der Waals surface area (Å²) in [5.41, 5.74) is 0.537. The Morgan fingerprint density at radius 3 is 2.24 bits per heavy atom. The van der Waals surface area contributed by atoms with E-state index in [9.17, 15) is 13.2 Å². The van der Waals surface area contributed by atoms with Crippen molar-refractivity contribution >= 4 is 0 Å². The van der Waals surface area contributed by atoms with Gasteiger partial charge in [-0.2, -0.15) is 13.2 Å². The predicted octanol–water partition coefficient (Wildman–Crippen LogP) is 3.95. The second-order valence-corrected chi connectivity index (χ2v) is 4.43. The molecule has 3 nitrogen and oxygen atoms in total. The minimum Gasteiger partial charge on any atom is -0.219 e. The first-order chi connectivity index (χ1) is 10.1. The van der Waals surface area contributed by atoms with Gasteiger partial charge in [-0.25, -0.2) is 4.68 Å². The van der Waals surface area contributed by atoms with Gasteiger partial charge in [0.1, 0.15) is 5.69 Å². The highest BCUT2D eigenvalue weighted by Crippen LogP contribution is 2.33. The topological polar surface area (TPSA) is 30.7 Å². The SMILES string of the molecule is FC(F)(F)c1ccccc1-n1cc(-c2ccccc2)nn1. The van der Waals surface area contributed by atoms with E-state index in [1.54, 1.807) is 0 Å². The minimum absolute atomic E-state index is 0.0420. The Kier molecular flexibility index (Phi) is 3.21. The van der Waals surface area contributed by atoms with Gasteiger partial charge in [0.05, 0.1) is 17.4 Å². The molecule has 0 N–H and O–H groups in total. The van der Waals surface area contributed by atoms with Crippen LogP contribution in [-0.2, 0) is 6.18 Å². The highest BCUT2D eigenvalue weighted by molar-refractivity contribution is 5.58. The van der Waals surface area contributed by atoms with Crippen molar-refractivity contribution in [1.29, 1.82) is 0 Å². The van der Waals surface area contributed by atoms with Crippen LogP contribution in [-0.4, -0.2) is 15.0 Å². The molecule has 0 unspecified atom stereocenters. The Hall–Kier alpha value is -2.63. The number of benzene rings is 2. The Morgan fingerprint density at radius 2 is 1.52 bits per heavy atom. The van der Waals surface area contributed by atoms with Gasteiger partial charge in [0.15, 0.2) is 0 Å². The van der Waals surface area contributed by atoms with E-state index in [1.807, 2.05) is 30.3 Å². The van der Waals surface area contributed by atoms with Crippen LogP contribution >= 0.6 is 0 Å². The summed E-state index contributed by atoms with van der Waals surface area (Å²) >= 11 is 0. The molecule has 0 spiro atoms. The Labute approximate surface area is 118 Å². The van der Waals surface area contributed by atoms with Crippen molar-refractivity contribution in [1.82, 2.24) is 15.0 Å². The molecule has 0 aliphatic rings. The van der Waals surface area contributed by atoms with Crippen LogP contribution in [0, 0.1) is 0 Å². The summed E-state index contributed by atoms with van der Waals surface area (Å²) in [6.45, 7) is 0. The van der Waals surface area contributed by atoms with Crippen molar-refractivity contribution in [3.63, 3.8) is 0 Å². The third-order valence-electron chi connectivity index (χ3n) is 3.02. The predicted molar refractivity (Wildman–Crippen MR) is 71.8 cm³/mol. The zero-order valence-electron chi connectivity index (χ0n) is 10.7.